The second kappa shape index (κ2) is 4.69. The van der Waals surface area contributed by atoms with Crippen molar-refractivity contribution in [1.82, 2.24) is 4.98 Å². The molecule has 0 amide bonds. The summed E-state index contributed by atoms with van der Waals surface area (Å²) in [7, 11) is 1.36. The Morgan fingerprint density at radius 1 is 1.62 bits per heavy atom. The van der Waals surface area contributed by atoms with E-state index in [4.69, 9.17) is 11.6 Å². The Hall–Kier alpha value is -0.650. The van der Waals surface area contributed by atoms with Gasteiger partial charge >= 0.3 is 5.97 Å². The van der Waals surface area contributed by atoms with Gasteiger partial charge < -0.3 is 4.74 Å². The van der Waals surface area contributed by atoms with E-state index in [0.29, 0.717) is 15.4 Å². The van der Waals surface area contributed by atoms with E-state index >= 15 is 0 Å². The fourth-order valence-electron chi connectivity index (χ4n) is 1.33. The maximum atomic E-state index is 11.4. The number of pyridine rings is 1. The Morgan fingerprint density at radius 3 is 3.00 bits per heavy atom. The molecule has 0 saturated carbocycles. The SMILES string of the molecule is COC(=O)c1cc2cc(CBr)nc(Cl)c2s1. The maximum Gasteiger partial charge on any atom is 0.348 e. The molecule has 0 bridgehead atoms. The van der Waals surface area contributed by atoms with Gasteiger partial charge in [-0.15, -0.1) is 11.3 Å². The van der Waals surface area contributed by atoms with Crippen LogP contribution in [0.1, 0.15) is 15.4 Å². The second-order valence-corrected chi connectivity index (χ2v) is 5.03. The van der Waals surface area contributed by atoms with E-state index in [2.05, 4.69) is 25.7 Å². The topological polar surface area (TPSA) is 39.2 Å². The highest BCUT2D eigenvalue weighted by molar-refractivity contribution is 9.08. The Labute approximate surface area is 110 Å². The summed E-state index contributed by atoms with van der Waals surface area (Å²) in [5, 5.41) is 1.97. The molecule has 0 saturated heterocycles. The number of alkyl halides is 1. The van der Waals surface area contributed by atoms with Gasteiger partial charge in [-0.3, -0.25) is 0 Å². The number of esters is 1. The van der Waals surface area contributed by atoms with Crippen molar-refractivity contribution in [2.24, 2.45) is 0 Å². The van der Waals surface area contributed by atoms with Crippen molar-refractivity contribution in [3.05, 3.63) is 27.9 Å². The number of thiophene rings is 1. The molecule has 0 unspecified atom stereocenters. The molecule has 0 fully saturated rings. The highest BCUT2D eigenvalue weighted by atomic mass is 79.9. The predicted octanol–water partition coefficient (Wildman–Crippen LogP) is 3.63. The minimum Gasteiger partial charge on any atom is -0.465 e. The summed E-state index contributed by atoms with van der Waals surface area (Å²) in [4.78, 5) is 16.1. The molecule has 0 aromatic carbocycles. The number of halogens is 2. The van der Waals surface area contributed by atoms with E-state index in [1.807, 2.05) is 6.07 Å². The van der Waals surface area contributed by atoms with E-state index in [1.165, 1.54) is 18.4 Å². The van der Waals surface area contributed by atoms with Crippen LogP contribution >= 0.6 is 38.9 Å². The molecule has 2 heterocycles. The summed E-state index contributed by atoms with van der Waals surface area (Å²) in [6.45, 7) is 0. The largest absolute Gasteiger partial charge is 0.465 e. The monoisotopic (exact) mass is 319 g/mol. The van der Waals surface area contributed by atoms with Crippen molar-refractivity contribution < 1.29 is 9.53 Å². The van der Waals surface area contributed by atoms with Crippen molar-refractivity contribution in [2.75, 3.05) is 7.11 Å². The number of methoxy groups -OCH3 is 1. The first-order valence-electron chi connectivity index (χ1n) is 4.39. The first kappa shape index (κ1) is 11.8. The number of rotatable bonds is 2. The minimum atomic E-state index is -0.349. The number of fused-ring (bicyclic) bond motifs is 1. The van der Waals surface area contributed by atoms with Crippen molar-refractivity contribution in [3.63, 3.8) is 0 Å². The first-order chi connectivity index (χ1) is 7.65. The smallest absolute Gasteiger partial charge is 0.348 e. The van der Waals surface area contributed by atoms with Gasteiger partial charge in [-0.05, 0) is 17.5 Å². The van der Waals surface area contributed by atoms with Crippen LogP contribution < -0.4 is 0 Å². The molecule has 2 aromatic rings. The van der Waals surface area contributed by atoms with Gasteiger partial charge in [-0.25, -0.2) is 9.78 Å². The van der Waals surface area contributed by atoms with Gasteiger partial charge in [0.05, 0.1) is 17.5 Å². The van der Waals surface area contributed by atoms with Crippen LogP contribution in [-0.4, -0.2) is 18.1 Å². The molecule has 2 rings (SSSR count). The number of aromatic nitrogens is 1. The third-order valence-electron chi connectivity index (χ3n) is 2.04. The highest BCUT2D eigenvalue weighted by Gasteiger charge is 2.13. The predicted molar refractivity (Wildman–Crippen MR) is 68.6 cm³/mol. The molecule has 84 valence electrons. The molecule has 16 heavy (non-hydrogen) atoms. The number of hydrogen-bond acceptors (Lipinski definition) is 4. The van der Waals surface area contributed by atoms with Crippen LogP contribution in [0.2, 0.25) is 5.15 Å². The second-order valence-electron chi connectivity index (χ2n) is 3.06. The molecule has 0 spiro atoms. The molecule has 3 nitrogen and oxygen atoms in total. The van der Waals surface area contributed by atoms with Gasteiger partial charge in [0.15, 0.2) is 0 Å². The highest BCUT2D eigenvalue weighted by Crippen LogP contribution is 2.32. The summed E-state index contributed by atoms with van der Waals surface area (Å²) >= 11 is 10.6. The normalized spacial score (nSPS) is 10.7. The number of nitrogens with zero attached hydrogens (tertiary/aromatic N) is 1. The number of carbonyl (C=O) groups is 1. The average molecular weight is 321 g/mol. The summed E-state index contributed by atoms with van der Waals surface area (Å²) in [5.74, 6) is -0.349. The Kier molecular flexibility index (Phi) is 3.47. The third-order valence-corrected chi connectivity index (χ3v) is 4.13. The van der Waals surface area contributed by atoms with E-state index in [0.717, 1.165) is 15.8 Å². The zero-order valence-corrected chi connectivity index (χ0v) is 11.4. The van der Waals surface area contributed by atoms with Gasteiger partial charge in [-0.1, -0.05) is 27.5 Å². The van der Waals surface area contributed by atoms with E-state index in [9.17, 15) is 4.79 Å². The zero-order valence-electron chi connectivity index (χ0n) is 8.29. The zero-order chi connectivity index (χ0) is 11.7. The van der Waals surface area contributed by atoms with Crippen LogP contribution in [-0.2, 0) is 10.1 Å². The van der Waals surface area contributed by atoms with Crippen LogP contribution in [0.5, 0.6) is 0 Å². The van der Waals surface area contributed by atoms with Gasteiger partial charge in [0.25, 0.3) is 0 Å². The molecular weight excluding hydrogens is 314 g/mol. The van der Waals surface area contributed by atoms with Gasteiger partial charge in [0.1, 0.15) is 10.0 Å². The fourth-order valence-corrected chi connectivity index (χ4v) is 2.89. The third kappa shape index (κ3) is 2.07. The lowest BCUT2D eigenvalue weighted by Crippen LogP contribution is -1.96. The molecule has 0 aliphatic carbocycles. The Bertz CT molecular complexity index is 555. The molecule has 2 aromatic heterocycles. The molecule has 6 heteroatoms. The molecule has 0 atom stereocenters. The number of carbonyl (C=O) groups excluding carboxylic acids is 1. The Balaban J connectivity index is 2.61. The van der Waals surface area contributed by atoms with E-state index in [-0.39, 0.29) is 5.97 Å². The summed E-state index contributed by atoms with van der Waals surface area (Å²) in [6, 6.07) is 3.67. The fraction of sp³-hybridized carbons (Fsp3) is 0.200. The molecule has 0 radical (unpaired) electrons. The van der Waals surface area contributed by atoms with Crippen molar-refractivity contribution in [1.29, 1.82) is 0 Å². The molecule has 0 aliphatic heterocycles. The number of ether oxygens (including phenoxy) is 1. The van der Waals surface area contributed by atoms with E-state index < -0.39 is 0 Å². The van der Waals surface area contributed by atoms with Crippen LogP contribution in [0.3, 0.4) is 0 Å². The van der Waals surface area contributed by atoms with Crippen LogP contribution in [0.4, 0.5) is 0 Å². The van der Waals surface area contributed by atoms with Crippen molar-refractivity contribution >= 4 is 54.9 Å². The quantitative estimate of drug-likeness (QED) is 0.482. The summed E-state index contributed by atoms with van der Waals surface area (Å²) in [5.41, 5.74) is 0.840. The standard InChI is InChI=1S/C10H7BrClNO2S/c1-15-10(14)7-3-5-2-6(4-11)13-9(12)8(5)16-7/h2-3H,4H2,1H3. The van der Waals surface area contributed by atoms with Gasteiger partial charge in [-0.2, -0.15) is 0 Å². The lowest BCUT2D eigenvalue weighted by atomic mass is 10.2. The van der Waals surface area contributed by atoms with Gasteiger partial charge in [0, 0.05) is 5.33 Å². The molecule has 0 aliphatic rings. The van der Waals surface area contributed by atoms with Gasteiger partial charge in [0.2, 0.25) is 0 Å². The molecule has 0 N–H and O–H groups in total. The van der Waals surface area contributed by atoms with Crippen LogP contribution in [0, 0.1) is 0 Å². The number of hydrogen-bond donors (Lipinski definition) is 0. The maximum absolute atomic E-state index is 11.4. The Morgan fingerprint density at radius 2 is 2.38 bits per heavy atom. The molecular formula is C10H7BrClNO2S. The van der Waals surface area contributed by atoms with E-state index in [1.54, 1.807) is 6.07 Å². The van der Waals surface area contributed by atoms with Crippen LogP contribution in [0.15, 0.2) is 12.1 Å². The van der Waals surface area contributed by atoms with Crippen molar-refractivity contribution in [3.8, 4) is 0 Å². The lowest BCUT2D eigenvalue weighted by molar-refractivity contribution is 0.0606. The van der Waals surface area contributed by atoms with Crippen molar-refractivity contribution in [2.45, 2.75) is 5.33 Å². The summed E-state index contributed by atoms with van der Waals surface area (Å²) in [6.07, 6.45) is 0. The lowest BCUT2D eigenvalue weighted by Gasteiger charge is -1.96. The summed E-state index contributed by atoms with van der Waals surface area (Å²) < 4.78 is 5.47. The minimum absolute atomic E-state index is 0.349. The average Bonchev–Trinajstić information content (AvgIpc) is 2.72. The van der Waals surface area contributed by atoms with Crippen LogP contribution in [0.25, 0.3) is 10.1 Å². The first-order valence-corrected chi connectivity index (χ1v) is 6.70.